The molecule has 1 N–H and O–H groups in total. The lowest BCUT2D eigenvalue weighted by Gasteiger charge is -2.35. The minimum atomic E-state index is 0.748. The molecule has 0 bridgehead atoms. The first kappa shape index (κ1) is 13.0. The van der Waals surface area contributed by atoms with E-state index in [4.69, 9.17) is 0 Å². The van der Waals surface area contributed by atoms with E-state index in [1.807, 2.05) is 0 Å². The van der Waals surface area contributed by atoms with Crippen molar-refractivity contribution in [3.63, 3.8) is 0 Å². The molecule has 2 nitrogen and oxygen atoms in total. The van der Waals surface area contributed by atoms with Gasteiger partial charge in [-0.15, -0.1) is 0 Å². The topological polar surface area (TPSA) is 15.3 Å². The quantitative estimate of drug-likeness (QED) is 0.728. The van der Waals surface area contributed by atoms with Crippen LogP contribution in [0.25, 0.3) is 0 Å². The van der Waals surface area contributed by atoms with Gasteiger partial charge in [-0.1, -0.05) is 40.0 Å². The van der Waals surface area contributed by atoms with Crippen molar-refractivity contribution >= 4 is 0 Å². The van der Waals surface area contributed by atoms with Crippen LogP contribution in [-0.4, -0.2) is 37.1 Å². The fraction of sp³-hybridized carbons (Fsp3) is 1.00. The molecular weight excluding hydrogens is 184 g/mol. The van der Waals surface area contributed by atoms with Crippen LogP contribution < -0.4 is 5.32 Å². The lowest BCUT2D eigenvalue weighted by atomic mass is 10.0. The van der Waals surface area contributed by atoms with Crippen molar-refractivity contribution in [3.8, 4) is 0 Å². The summed E-state index contributed by atoms with van der Waals surface area (Å²) in [6.07, 6.45) is 5.30. The van der Waals surface area contributed by atoms with E-state index in [2.05, 4.69) is 31.0 Å². The molecule has 0 aromatic rings. The van der Waals surface area contributed by atoms with Crippen molar-refractivity contribution in [2.24, 2.45) is 5.92 Å². The SMILES string of the molecule is CCCC1CN(CC(CC)CC)CCN1. The molecule has 1 unspecified atom stereocenters. The van der Waals surface area contributed by atoms with Crippen LogP contribution in [0.4, 0.5) is 0 Å². The second-order valence-electron chi connectivity index (χ2n) is 4.88. The molecule has 1 atom stereocenters. The lowest BCUT2D eigenvalue weighted by molar-refractivity contribution is 0.165. The van der Waals surface area contributed by atoms with Gasteiger partial charge in [-0.2, -0.15) is 0 Å². The highest BCUT2D eigenvalue weighted by atomic mass is 15.2. The first-order valence-electron chi connectivity index (χ1n) is 6.75. The summed E-state index contributed by atoms with van der Waals surface area (Å²) < 4.78 is 0. The molecule has 90 valence electrons. The van der Waals surface area contributed by atoms with Crippen molar-refractivity contribution < 1.29 is 0 Å². The molecule has 1 fully saturated rings. The van der Waals surface area contributed by atoms with Crippen molar-refractivity contribution in [3.05, 3.63) is 0 Å². The zero-order valence-electron chi connectivity index (χ0n) is 10.8. The van der Waals surface area contributed by atoms with Gasteiger partial charge in [-0.25, -0.2) is 0 Å². The lowest BCUT2D eigenvalue weighted by Crippen LogP contribution is -2.51. The second-order valence-corrected chi connectivity index (χ2v) is 4.88. The van der Waals surface area contributed by atoms with E-state index in [1.165, 1.54) is 51.9 Å². The Morgan fingerprint density at radius 1 is 1.27 bits per heavy atom. The highest BCUT2D eigenvalue weighted by Gasteiger charge is 2.19. The van der Waals surface area contributed by atoms with Gasteiger partial charge in [-0.05, 0) is 12.3 Å². The Morgan fingerprint density at radius 3 is 2.60 bits per heavy atom. The maximum Gasteiger partial charge on any atom is 0.0195 e. The van der Waals surface area contributed by atoms with Crippen molar-refractivity contribution in [2.75, 3.05) is 26.2 Å². The fourth-order valence-corrected chi connectivity index (χ4v) is 2.51. The predicted molar refractivity (Wildman–Crippen MR) is 67.2 cm³/mol. The summed E-state index contributed by atoms with van der Waals surface area (Å²) in [6.45, 7) is 11.9. The largest absolute Gasteiger partial charge is 0.311 e. The van der Waals surface area contributed by atoms with E-state index in [0.717, 1.165) is 12.0 Å². The van der Waals surface area contributed by atoms with Gasteiger partial charge in [0.25, 0.3) is 0 Å². The molecule has 0 radical (unpaired) electrons. The minimum Gasteiger partial charge on any atom is -0.311 e. The van der Waals surface area contributed by atoms with Gasteiger partial charge in [0.1, 0.15) is 0 Å². The van der Waals surface area contributed by atoms with E-state index < -0.39 is 0 Å². The number of hydrogen-bond acceptors (Lipinski definition) is 2. The van der Waals surface area contributed by atoms with Crippen molar-refractivity contribution in [1.82, 2.24) is 10.2 Å². The molecule has 1 aliphatic heterocycles. The Labute approximate surface area is 95.4 Å². The molecule has 15 heavy (non-hydrogen) atoms. The van der Waals surface area contributed by atoms with Crippen molar-refractivity contribution in [1.29, 1.82) is 0 Å². The number of piperazine rings is 1. The normalized spacial score (nSPS) is 23.6. The van der Waals surface area contributed by atoms with E-state index in [-0.39, 0.29) is 0 Å². The first-order chi connectivity index (χ1) is 7.30. The first-order valence-corrected chi connectivity index (χ1v) is 6.75. The summed E-state index contributed by atoms with van der Waals surface area (Å²) in [5.74, 6) is 0.908. The average Bonchev–Trinajstić information content (AvgIpc) is 2.27. The van der Waals surface area contributed by atoms with Crippen LogP contribution in [0.1, 0.15) is 46.5 Å². The smallest absolute Gasteiger partial charge is 0.0195 e. The number of nitrogens with one attached hydrogen (secondary N) is 1. The Kier molecular flexibility index (Phi) is 6.26. The molecule has 0 spiro atoms. The summed E-state index contributed by atoms with van der Waals surface area (Å²) in [7, 11) is 0. The van der Waals surface area contributed by atoms with Crippen LogP contribution in [0.15, 0.2) is 0 Å². The number of rotatable bonds is 6. The fourth-order valence-electron chi connectivity index (χ4n) is 2.51. The average molecular weight is 212 g/mol. The summed E-state index contributed by atoms with van der Waals surface area (Å²) >= 11 is 0. The van der Waals surface area contributed by atoms with Crippen molar-refractivity contribution in [2.45, 2.75) is 52.5 Å². The second kappa shape index (κ2) is 7.24. The summed E-state index contributed by atoms with van der Waals surface area (Å²) in [5.41, 5.74) is 0. The van der Waals surface area contributed by atoms with Gasteiger partial charge < -0.3 is 10.2 Å². The third-order valence-electron chi connectivity index (χ3n) is 3.65. The standard InChI is InChI=1S/C13H28N2/c1-4-7-13-11-15(9-8-14-13)10-12(5-2)6-3/h12-14H,4-11H2,1-3H3. The van der Waals surface area contributed by atoms with Crippen LogP contribution in [-0.2, 0) is 0 Å². The van der Waals surface area contributed by atoms with Gasteiger partial charge in [0, 0.05) is 32.2 Å². The molecule has 1 aliphatic rings. The highest BCUT2D eigenvalue weighted by Crippen LogP contribution is 2.12. The van der Waals surface area contributed by atoms with Crippen LogP contribution >= 0.6 is 0 Å². The van der Waals surface area contributed by atoms with E-state index in [1.54, 1.807) is 0 Å². The van der Waals surface area contributed by atoms with Gasteiger partial charge in [-0.3, -0.25) is 0 Å². The zero-order chi connectivity index (χ0) is 11.1. The highest BCUT2D eigenvalue weighted by molar-refractivity contribution is 4.79. The Balaban J connectivity index is 2.28. The van der Waals surface area contributed by atoms with Crippen LogP contribution in [0.5, 0.6) is 0 Å². The maximum absolute atomic E-state index is 3.62. The Bertz CT molecular complexity index is 153. The monoisotopic (exact) mass is 212 g/mol. The molecule has 0 amide bonds. The molecule has 1 heterocycles. The third-order valence-corrected chi connectivity index (χ3v) is 3.65. The Hall–Kier alpha value is -0.0800. The van der Waals surface area contributed by atoms with E-state index in [0.29, 0.717) is 0 Å². The number of nitrogens with zero attached hydrogens (tertiary/aromatic N) is 1. The van der Waals surface area contributed by atoms with E-state index in [9.17, 15) is 0 Å². The zero-order valence-corrected chi connectivity index (χ0v) is 10.8. The van der Waals surface area contributed by atoms with Gasteiger partial charge in [0.15, 0.2) is 0 Å². The molecule has 0 aromatic carbocycles. The summed E-state index contributed by atoms with van der Waals surface area (Å²) in [5, 5.41) is 3.62. The molecule has 0 aromatic heterocycles. The molecule has 0 saturated carbocycles. The van der Waals surface area contributed by atoms with Gasteiger partial charge >= 0.3 is 0 Å². The summed E-state index contributed by atoms with van der Waals surface area (Å²) in [6, 6.07) is 0.748. The molecule has 2 heteroatoms. The molecule has 0 aliphatic carbocycles. The van der Waals surface area contributed by atoms with Gasteiger partial charge in [0.05, 0.1) is 0 Å². The molecular formula is C13H28N2. The number of hydrogen-bond donors (Lipinski definition) is 1. The maximum atomic E-state index is 3.62. The molecule has 1 rings (SSSR count). The summed E-state index contributed by atoms with van der Waals surface area (Å²) in [4.78, 5) is 2.66. The third kappa shape index (κ3) is 4.52. The predicted octanol–water partition coefficient (Wildman–Crippen LogP) is 2.50. The minimum absolute atomic E-state index is 0.748. The van der Waals surface area contributed by atoms with Crippen LogP contribution in [0.3, 0.4) is 0 Å². The molecule has 1 saturated heterocycles. The van der Waals surface area contributed by atoms with Crippen LogP contribution in [0, 0.1) is 5.92 Å². The Morgan fingerprint density at radius 2 is 2.00 bits per heavy atom. The van der Waals surface area contributed by atoms with E-state index >= 15 is 0 Å². The van der Waals surface area contributed by atoms with Crippen LogP contribution in [0.2, 0.25) is 0 Å². The van der Waals surface area contributed by atoms with Gasteiger partial charge in [0.2, 0.25) is 0 Å².